The Morgan fingerprint density at radius 3 is 1.68 bits per heavy atom. The largest absolute Gasteiger partial charge is 1.00 e. The molecule has 0 bridgehead atoms. The van der Waals surface area contributed by atoms with Gasteiger partial charge in [0.1, 0.15) is 4.75 Å². The quantitative estimate of drug-likeness (QED) is 0.153. The molecule has 0 aromatic carbocycles. The summed E-state index contributed by atoms with van der Waals surface area (Å²) in [6.45, 7) is 6.71. The zero-order valence-corrected chi connectivity index (χ0v) is 25.3. The maximum Gasteiger partial charge on any atom is 1.00 e. The molecule has 0 radical (unpaired) electrons. The van der Waals surface area contributed by atoms with E-state index in [9.17, 15) is 32.8 Å². The molecule has 0 rings (SSSR count). The second kappa shape index (κ2) is 16.7. The summed E-state index contributed by atoms with van der Waals surface area (Å²) in [5.41, 5.74) is 0. The SMILES string of the molecule is CCCCCC(C)C(C(=O)[O-])C(C(=O)[O-])(C(C)CCCCC)S(=O)(=O)O.[K+].[K+]. The van der Waals surface area contributed by atoms with Crippen LogP contribution in [0.15, 0.2) is 0 Å². The van der Waals surface area contributed by atoms with Crippen molar-refractivity contribution >= 4 is 22.1 Å². The average molecular weight is 471 g/mol. The molecule has 0 amide bonds. The minimum atomic E-state index is -5.26. The van der Waals surface area contributed by atoms with Crippen molar-refractivity contribution in [3.05, 3.63) is 0 Å². The van der Waals surface area contributed by atoms with E-state index in [4.69, 9.17) is 0 Å². The zero-order chi connectivity index (χ0) is 20.5. The molecule has 0 saturated heterocycles. The predicted octanol–water partition coefficient (Wildman–Crippen LogP) is -4.83. The molecular formula is C18H32K2O7S. The number of carbonyl (C=O) groups is 2. The van der Waals surface area contributed by atoms with E-state index in [1.54, 1.807) is 0 Å². The Kier molecular flexibility index (Phi) is 20.7. The number of carboxylic acid groups (broad SMARTS) is 2. The molecule has 4 unspecified atom stereocenters. The van der Waals surface area contributed by atoms with E-state index in [1.165, 1.54) is 13.8 Å². The fourth-order valence-corrected chi connectivity index (χ4v) is 5.27. The summed E-state index contributed by atoms with van der Waals surface area (Å²) in [6.07, 6.45) is 4.86. The van der Waals surface area contributed by atoms with Gasteiger partial charge >= 0.3 is 103 Å². The van der Waals surface area contributed by atoms with E-state index in [0.717, 1.165) is 25.7 Å². The van der Waals surface area contributed by atoms with Crippen LogP contribution >= 0.6 is 0 Å². The van der Waals surface area contributed by atoms with Gasteiger partial charge in [0.05, 0.1) is 5.97 Å². The Balaban J connectivity index is -0.00000312. The summed E-state index contributed by atoms with van der Waals surface area (Å²) in [4.78, 5) is 23.8. The number of hydrogen-bond donors (Lipinski definition) is 1. The van der Waals surface area contributed by atoms with Crippen LogP contribution < -0.4 is 113 Å². The topological polar surface area (TPSA) is 135 Å². The van der Waals surface area contributed by atoms with Crippen molar-refractivity contribution in [1.82, 2.24) is 0 Å². The Bertz CT molecular complexity index is 568. The molecule has 0 saturated carbocycles. The molecule has 4 atom stereocenters. The van der Waals surface area contributed by atoms with Gasteiger partial charge in [0, 0.05) is 11.9 Å². The smallest absolute Gasteiger partial charge is 0.550 e. The molecule has 7 nitrogen and oxygen atoms in total. The summed E-state index contributed by atoms with van der Waals surface area (Å²) < 4.78 is 31.3. The molecule has 1 N–H and O–H groups in total. The molecule has 0 aliphatic rings. The van der Waals surface area contributed by atoms with Gasteiger partial charge in [-0.3, -0.25) is 4.55 Å². The van der Waals surface area contributed by atoms with Crippen molar-refractivity contribution in [3.8, 4) is 0 Å². The second-order valence-electron chi connectivity index (χ2n) is 7.22. The molecule has 0 fully saturated rings. The summed E-state index contributed by atoms with van der Waals surface area (Å²) in [6, 6.07) is 0. The van der Waals surface area contributed by atoms with Crippen LogP contribution in [0.2, 0.25) is 0 Å². The summed E-state index contributed by atoms with van der Waals surface area (Å²) in [5, 5.41) is 23.8. The van der Waals surface area contributed by atoms with Crippen LogP contribution in [-0.4, -0.2) is 29.7 Å². The summed E-state index contributed by atoms with van der Waals surface area (Å²) >= 11 is 0. The molecule has 0 aliphatic heterocycles. The van der Waals surface area contributed by atoms with Crippen molar-refractivity contribution in [1.29, 1.82) is 0 Å². The first-order valence-corrected chi connectivity index (χ1v) is 10.8. The van der Waals surface area contributed by atoms with Crippen molar-refractivity contribution in [2.45, 2.75) is 83.8 Å². The van der Waals surface area contributed by atoms with Crippen LogP contribution in [0, 0.1) is 17.8 Å². The van der Waals surface area contributed by atoms with Crippen LogP contribution in [0.5, 0.6) is 0 Å². The van der Waals surface area contributed by atoms with Gasteiger partial charge in [-0.05, 0) is 18.3 Å². The van der Waals surface area contributed by atoms with Crippen molar-refractivity contribution < 1.29 is 136 Å². The molecule has 0 aromatic rings. The zero-order valence-electron chi connectivity index (χ0n) is 18.2. The third-order valence-corrected chi connectivity index (χ3v) is 6.94. The van der Waals surface area contributed by atoms with Crippen LogP contribution in [0.3, 0.4) is 0 Å². The van der Waals surface area contributed by atoms with Crippen LogP contribution in [-0.2, 0) is 19.7 Å². The molecule has 0 aromatic heterocycles. The fraction of sp³-hybridized carbons (Fsp3) is 0.889. The van der Waals surface area contributed by atoms with E-state index in [0.29, 0.717) is 19.3 Å². The Hall–Kier alpha value is 2.12. The Labute approximate surface area is 254 Å². The third kappa shape index (κ3) is 9.32. The molecule has 0 aliphatic carbocycles. The Morgan fingerprint density at radius 1 is 0.929 bits per heavy atom. The minimum Gasteiger partial charge on any atom is -0.550 e. The van der Waals surface area contributed by atoms with E-state index in [2.05, 4.69) is 0 Å². The van der Waals surface area contributed by atoms with Gasteiger partial charge in [-0.1, -0.05) is 72.6 Å². The van der Waals surface area contributed by atoms with E-state index >= 15 is 0 Å². The van der Waals surface area contributed by atoms with Gasteiger partial charge in [0.2, 0.25) is 0 Å². The normalized spacial score (nSPS) is 16.6. The van der Waals surface area contributed by atoms with Gasteiger partial charge in [-0.25, -0.2) is 0 Å². The molecule has 28 heavy (non-hydrogen) atoms. The van der Waals surface area contributed by atoms with Crippen molar-refractivity contribution in [2.24, 2.45) is 17.8 Å². The fourth-order valence-electron chi connectivity index (χ4n) is 3.78. The predicted molar refractivity (Wildman–Crippen MR) is 94.4 cm³/mol. The van der Waals surface area contributed by atoms with E-state index < -0.39 is 44.6 Å². The van der Waals surface area contributed by atoms with E-state index in [1.807, 2.05) is 13.8 Å². The van der Waals surface area contributed by atoms with Crippen molar-refractivity contribution in [2.75, 3.05) is 0 Å². The standard InChI is InChI=1S/C18H34O7S.2K/c1-5-7-9-11-13(3)15(16(19)20)18(17(21)22,26(23,24)25)14(4)12-10-8-6-2;;/h13-15H,5-12H2,1-4H3,(H,19,20)(H,21,22)(H,23,24,25);;/q;2*+1/p-2. The molecule has 154 valence electrons. The van der Waals surface area contributed by atoms with Crippen molar-refractivity contribution in [3.63, 3.8) is 0 Å². The maximum atomic E-state index is 12.2. The first-order valence-electron chi connectivity index (χ1n) is 9.37. The van der Waals surface area contributed by atoms with Gasteiger partial charge in [-0.15, -0.1) is 0 Å². The van der Waals surface area contributed by atoms with Crippen LogP contribution in [0.4, 0.5) is 0 Å². The first kappa shape index (κ1) is 34.7. The van der Waals surface area contributed by atoms with Crippen LogP contribution in [0.1, 0.15) is 79.1 Å². The number of unbranched alkanes of at least 4 members (excludes halogenated alkanes) is 4. The summed E-state index contributed by atoms with van der Waals surface area (Å²) in [5.74, 6) is -7.71. The minimum absolute atomic E-state index is 0. The Morgan fingerprint density at radius 2 is 1.36 bits per heavy atom. The number of carboxylic acids is 2. The first-order chi connectivity index (χ1) is 12.0. The number of rotatable bonds is 14. The van der Waals surface area contributed by atoms with Crippen LogP contribution in [0.25, 0.3) is 0 Å². The molecule has 0 spiro atoms. The van der Waals surface area contributed by atoms with Gasteiger partial charge in [0.25, 0.3) is 10.1 Å². The van der Waals surface area contributed by atoms with Gasteiger partial charge in [-0.2, -0.15) is 8.42 Å². The van der Waals surface area contributed by atoms with Gasteiger partial charge < -0.3 is 19.8 Å². The molecule has 0 heterocycles. The van der Waals surface area contributed by atoms with Gasteiger partial charge in [0.15, 0.2) is 0 Å². The number of carbonyl (C=O) groups excluding carboxylic acids is 2. The number of hydrogen-bond acceptors (Lipinski definition) is 6. The third-order valence-electron chi connectivity index (χ3n) is 5.27. The summed E-state index contributed by atoms with van der Waals surface area (Å²) in [7, 11) is -5.26. The molecular weight excluding hydrogens is 438 g/mol. The number of aliphatic carboxylic acids is 2. The maximum absolute atomic E-state index is 12.2. The second-order valence-corrected chi connectivity index (χ2v) is 8.85. The monoisotopic (exact) mass is 470 g/mol. The average Bonchev–Trinajstić information content (AvgIpc) is 2.50. The van der Waals surface area contributed by atoms with E-state index in [-0.39, 0.29) is 109 Å². The molecule has 10 heteroatoms.